The lowest BCUT2D eigenvalue weighted by molar-refractivity contribution is -0.165. The van der Waals surface area contributed by atoms with Crippen molar-refractivity contribution < 1.29 is 32.3 Å². The SMILES string of the molecule is C=CCC=O.C=Cc1cc2cc([C@H](NC(=O)C3CCCN(C(=O)C(C)NC(=O)C(NC)C(C)C)N3)C(F)(F)F)ccc2cn1. The second-order valence-electron chi connectivity index (χ2n) is 10.6. The number of nitrogens with one attached hydrogen (secondary N) is 4. The van der Waals surface area contributed by atoms with Crippen LogP contribution in [0.1, 0.15) is 57.3 Å². The predicted octanol–water partition coefficient (Wildman–Crippen LogP) is 3.60. The summed E-state index contributed by atoms with van der Waals surface area (Å²) in [5.74, 6) is -1.74. The number of aromatic nitrogens is 1. The van der Waals surface area contributed by atoms with Crippen LogP contribution in [-0.4, -0.2) is 71.9 Å². The molecule has 10 nitrogen and oxygen atoms in total. The van der Waals surface area contributed by atoms with E-state index in [4.69, 9.17) is 0 Å². The molecule has 1 aromatic carbocycles. The van der Waals surface area contributed by atoms with Crippen molar-refractivity contribution >= 4 is 40.9 Å². The van der Waals surface area contributed by atoms with Gasteiger partial charge in [-0.2, -0.15) is 13.2 Å². The van der Waals surface area contributed by atoms with Gasteiger partial charge in [-0.1, -0.05) is 38.6 Å². The van der Waals surface area contributed by atoms with Gasteiger partial charge in [-0.25, -0.2) is 5.43 Å². The number of allylic oxidation sites excluding steroid dienone is 1. The zero-order valence-corrected chi connectivity index (χ0v) is 25.4. The Hall–Kier alpha value is -4.10. The highest BCUT2D eigenvalue weighted by Gasteiger charge is 2.43. The summed E-state index contributed by atoms with van der Waals surface area (Å²) in [6, 6.07) is 1.09. The van der Waals surface area contributed by atoms with Gasteiger partial charge in [0.15, 0.2) is 6.04 Å². The number of hydrazine groups is 1. The zero-order valence-electron chi connectivity index (χ0n) is 25.4. The Morgan fingerprint density at radius 2 is 1.84 bits per heavy atom. The van der Waals surface area contributed by atoms with Crippen molar-refractivity contribution in [3.63, 3.8) is 0 Å². The molecule has 1 aliphatic heterocycles. The Balaban J connectivity index is 0.00000125. The third kappa shape index (κ3) is 9.98. The molecule has 0 spiro atoms. The average molecular weight is 619 g/mol. The van der Waals surface area contributed by atoms with Crippen LogP contribution in [0.4, 0.5) is 13.2 Å². The molecule has 3 unspecified atom stereocenters. The van der Waals surface area contributed by atoms with Crippen molar-refractivity contribution in [3.05, 3.63) is 61.0 Å². The molecule has 1 fully saturated rings. The number of aldehydes is 1. The predicted molar refractivity (Wildman–Crippen MR) is 163 cm³/mol. The van der Waals surface area contributed by atoms with Crippen LogP contribution in [0.25, 0.3) is 16.8 Å². The number of alkyl halides is 3. The normalized spacial score (nSPS) is 17.0. The Bertz CT molecular complexity index is 1330. The largest absolute Gasteiger partial charge is 0.412 e. The van der Waals surface area contributed by atoms with Crippen LogP contribution in [-0.2, 0) is 19.2 Å². The maximum Gasteiger partial charge on any atom is 0.412 e. The highest BCUT2D eigenvalue weighted by Crippen LogP contribution is 2.34. The fraction of sp³-hybridized carbons (Fsp3) is 0.452. The van der Waals surface area contributed by atoms with Gasteiger partial charge >= 0.3 is 6.18 Å². The van der Waals surface area contributed by atoms with E-state index in [0.717, 1.165) is 6.29 Å². The van der Waals surface area contributed by atoms with E-state index in [-0.39, 0.29) is 30.4 Å². The summed E-state index contributed by atoms with van der Waals surface area (Å²) in [6.45, 7) is 12.4. The monoisotopic (exact) mass is 618 g/mol. The fourth-order valence-corrected chi connectivity index (χ4v) is 4.63. The lowest BCUT2D eigenvalue weighted by atomic mass is 10.0. The number of carbonyl (C=O) groups excluding carboxylic acids is 4. The summed E-state index contributed by atoms with van der Waals surface area (Å²) in [5, 5.41) is 10.0. The van der Waals surface area contributed by atoms with Gasteiger partial charge in [-0.05, 0) is 61.9 Å². The summed E-state index contributed by atoms with van der Waals surface area (Å²) >= 11 is 0. The number of hydrogen-bond acceptors (Lipinski definition) is 7. The first-order chi connectivity index (χ1) is 20.8. The molecule has 0 bridgehead atoms. The molecule has 3 rings (SSSR count). The van der Waals surface area contributed by atoms with Gasteiger partial charge in [0.2, 0.25) is 11.8 Å². The molecule has 2 aromatic rings. The van der Waals surface area contributed by atoms with E-state index in [1.165, 1.54) is 36.2 Å². The number of halogens is 3. The second kappa shape index (κ2) is 16.7. The molecule has 13 heteroatoms. The van der Waals surface area contributed by atoms with E-state index < -0.39 is 42.2 Å². The van der Waals surface area contributed by atoms with E-state index >= 15 is 0 Å². The number of rotatable bonds is 11. The molecule has 0 radical (unpaired) electrons. The van der Waals surface area contributed by atoms with Gasteiger partial charge in [0.05, 0.1) is 11.7 Å². The summed E-state index contributed by atoms with van der Waals surface area (Å²) in [6.07, 6.45) is 1.75. The highest BCUT2D eigenvalue weighted by molar-refractivity contribution is 5.90. The molecule has 3 amide bonds. The second-order valence-corrected chi connectivity index (χ2v) is 10.6. The molecular formula is C31H41F3N6O4. The third-order valence-corrected chi connectivity index (χ3v) is 6.94. The van der Waals surface area contributed by atoms with Crippen LogP contribution < -0.4 is 21.4 Å². The number of amides is 3. The first-order valence-electron chi connectivity index (χ1n) is 14.3. The Kier molecular flexibility index (Phi) is 13.7. The molecule has 240 valence electrons. The molecule has 4 atom stereocenters. The van der Waals surface area contributed by atoms with E-state index in [1.54, 1.807) is 25.4 Å². The standard InChI is InChI=1S/C27H35F3N6O3.C4H6O/c1-6-20-13-19-12-17(9-10-18(19)14-32-20)23(27(28,29)30)34-24(37)21-8-7-11-36(35-21)26(39)16(4)33-25(38)22(31-5)15(2)3;1-2-3-4-5/h6,9-10,12-16,21-23,31,35H,1,7-8,11H2,2-5H3,(H,33,38)(H,34,37);2,4H,1,3H2/t16?,21?,22?,23-;/m0./s1. The molecule has 0 saturated carbocycles. The Morgan fingerprint density at radius 3 is 2.39 bits per heavy atom. The molecule has 2 heterocycles. The number of nitrogens with zero attached hydrogens (tertiary/aromatic N) is 2. The molecule has 1 saturated heterocycles. The molecular weight excluding hydrogens is 577 g/mol. The third-order valence-electron chi connectivity index (χ3n) is 6.94. The lowest BCUT2D eigenvalue weighted by Gasteiger charge is -2.35. The number of benzene rings is 1. The number of carbonyl (C=O) groups is 4. The lowest BCUT2D eigenvalue weighted by Crippen LogP contribution is -2.62. The minimum atomic E-state index is -4.76. The molecule has 4 N–H and O–H groups in total. The first kappa shape index (κ1) is 36.1. The number of pyridine rings is 1. The maximum atomic E-state index is 14.1. The average Bonchev–Trinajstić information content (AvgIpc) is 2.99. The van der Waals surface area contributed by atoms with Crippen LogP contribution >= 0.6 is 0 Å². The fourth-order valence-electron chi connectivity index (χ4n) is 4.63. The van der Waals surface area contributed by atoms with Crippen LogP contribution in [0.3, 0.4) is 0 Å². The number of likely N-dealkylation sites (N-methyl/N-ethyl adjacent to an activating group) is 1. The summed E-state index contributed by atoms with van der Waals surface area (Å²) in [7, 11) is 1.65. The van der Waals surface area contributed by atoms with E-state index in [0.29, 0.717) is 29.3 Å². The van der Waals surface area contributed by atoms with Gasteiger partial charge in [0.25, 0.3) is 5.91 Å². The summed E-state index contributed by atoms with van der Waals surface area (Å²) in [5.41, 5.74) is 3.13. The number of fused-ring (bicyclic) bond motifs is 1. The minimum Gasteiger partial charge on any atom is -0.343 e. The van der Waals surface area contributed by atoms with E-state index in [9.17, 15) is 32.3 Å². The van der Waals surface area contributed by atoms with Crippen LogP contribution in [0, 0.1) is 5.92 Å². The van der Waals surface area contributed by atoms with E-state index in [2.05, 4.69) is 39.5 Å². The van der Waals surface area contributed by atoms with Crippen molar-refractivity contribution in [1.29, 1.82) is 0 Å². The van der Waals surface area contributed by atoms with Gasteiger partial charge in [-0.3, -0.25) is 24.4 Å². The van der Waals surface area contributed by atoms with Crippen LogP contribution in [0.15, 0.2) is 49.7 Å². The molecule has 1 aromatic heterocycles. The Morgan fingerprint density at radius 1 is 1.14 bits per heavy atom. The van der Waals surface area contributed by atoms with Crippen molar-refractivity contribution in [1.82, 2.24) is 31.4 Å². The van der Waals surface area contributed by atoms with Crippen molar-refractivity contribution in [2.45, 2.75) is 70.4 Å². The summed E-state index contributed by atoms with van der Waals surface area (Å²) < 4.78 is 42.3. The van der Waals surface area contributed by atoms with Crippen LogP contribution in [0.5, 0.6) is 0 Å². The maximum absolute atomic E-state index is 14.1. The molecule has 0 aliphatic carbocycles. The molecule has 44 heavy (non-hydrogen) atoms. The molecule has 1 aliphatic rings. The van der Waals surface area contributed by atoms with Gasteiger partial charge in [-0.15, -0.1) is 6.58 Å². The topological polar surface area (TPSA) is 133 Å². The summed E-state index contributed by atoms with van der Waals surface area (Å²) in [4.78, 5) is 52.0. The minimum absolute atomic E-state index is 0.0108. The quantitative estimate of drug-likeness (QED) is 0.224. The van der Waals surface area contributed by atoms with Crippen molar-refractivity contribution in [3.8, 4) is 0 Å². The van der Waals surface area contributed by atoms with Crippen molar-refractivity contribution in [2.75, 3.05) is 13.6 Å². The van der Waals surface area contributed by atoms with Crippen molar-refractivity contribution in [2.24, 2.45) is 5.92 Å². The highest BCUT2D eigenvalue weighted by atomic mass is 19.4. The van der Waals surface area contributed by atoms with Gasteiger partial charge in [0.1, 0.15) is 18.4 Å². The zero-order chi connectivity index (χ0) is 33.0. The van der Waals surface area contributed by atoms with Gasteiger partial charge < -0.3 is 20.7 Å². The first-order valence-corrected chi connectivity index (χ1v) is 14.3. The number of hydrogen-bond donors (Lipinski definition) is 4. The van der Waals surface area contributed by atoms with Crippen LogP contribution in [0.2, 0.25) is 0 Å². The Labute approximate surface area is 255 Å². The van der Waals surface area contributed by atoms with E-state index in [1.807, 2.05) is 13.8 Å². The van der Waals surface area contributed by atoms with Gasteiger partial charge in [0, 0.05) is 24.5 Å². The smallest absolute Gasteiger partial charge is 0.343 e.